The molecule has 3 rings (SSSR count). The van der Waals surface area contributed by atoms with E-state index in [1.807, 2.05) is 18.2 Å². The summed E-state index contributed by atoms with van der Waals surface area (Å²) in [7, 11) is 0. The van der Waals surface area contributed by atoms with E-state index in [0.29, 0.717) is 36.0 Å². The number of nitriles is 1. The Labute approximate surface area is 165 Å². The Hall–Kier alpha value is -2.68. The fourth-order valence-corrected chi connectivity index (χ4v) is 3.13. The molecule has 146 valence electrons. The van der Waals surface area contributed by atoms with Crippen molar-refractivity contribution in [2.45, 2.75) is 38.9 Å². The van der Waals surface area contributed by atoms with Crippen LogP contribution in [0.25, 0.3) is 0 Å². The molecule has 0 radical (unpaired) electrons. The van der Waals surface area contributed by atoms with Crippen molar-refractivity contribution >= 4 is 5.97 Å². The number of nitrogens with zero attached hydrogens (tertiary/aromatic N) is 1. The third-order valence-electron chi connectivity index (χ3n) is 4.80. The Morgan fingerprint density at radius 3 is 2.36 bits per heavy atom. The maximum Gasteiger partial charge on any atom is 0.343 e. The summed E-state index contributed by atoms with van der Waals surface area (Å²) in [4.78, 5) is 12.3. The highest BCUT2D eigenvalue weighted by Gasteiger charge is 2.23. The molecule has 2 aromatic rings. The molecule has 0 aromatic heterocycles. The van der Waals surface area contributed by atoms with E-state index in [1.54, 1.807) is 36.4 Å². The van der Waals surface area contributed by atoms with Gasteiger partial charge in [-0.15, -0.1) is 0 Å². The Bertz CT molecular complexity index is 800. The number of benzene rings is 2. The van der Waals surface area contributed by atoms with Gasteiger partial charge in [0, 0.05) is 11.5 Å². The molecule has 0 aliphatic carbocycles. The summed E-state index contributed by atoms with van der Waals surface area (Å²) in [6.07, 6.45) is 4.44. The van der Waals surface area contributed by atoms with Crippen molar-refractivity contribution in [1.82, 2.24) is 0 Å². The quantitative estimate of drug-likeness (QED) is 0.384. The van der Waals surface area contributed by atoms with Crippen molar-refractivity contribution in [1.29, 1.82) is 5.26 Å². The van der Waals surface area contributed by atoms with Gasteiger partial charge in [-0.1, -0.05) is 38.3 Å². The molecule has 2 aromatic carbocycles. The Morgan fingerprint density at radius 1 is 1.07 bits per heavy atom. The molecule has 28 heavy (non-hydrogen) atoms. The van der Waals surface area contributed by atoms with Crippen molar-refractivity contribution in [3.05, 3.63) is 65.2 Å². The molecule has 5 nitrogen and oxygen atoms in total. The largest absolute Gasteiger partial charge is 0.423 e. The number of carbonyl (C=O) groups is 1. The second-order valence-corrected chi connectivity index (χ2v) is 7.01. The van der Waals surface area contributed by atoms with Gasteiger partial charge in [-0.2, -0.15) is 5.26 Å². The highest BCUT2D eigenvalue weighted by molar-refractivity contribution is 5.91. The van der Waals surface area contributed by atoms with Crippen LogP contribution >= 0.6 is 0 Å². The predicted molar refractivity (Wildman–Crippen MR) is 105 cm³/mol. The highest BCUT2D eigenvalue weighted by atomic mass is 16.7. The maximum absolute atomic E-state index is 12.3. The minimum atomic E-state index is -0.447. The van der Waals surface area contributed by atoms with E-state index in [4.69, 9.17) is 19.5 Å². The van der Waals surface area contributed by atoms with E-state index >= 15 is 0 Å². The minimum Gasteiger partial charge on any atom is -0.423 e. The van der Waals surface area contributed by atoms with Crippen LogP contribution in [0, 0.1) is 17.2 Å². The zero-order valence-electron chi connectivity index (χ0n) is 16.1. The first-order valence-corrected chi connectivity index (χ1v) is 9.75. The zero-order chi connectivity index (χ0) is 19.8. The predicted octanol–water partition coefficient (Wildman–Crippen LogP) is 5.02. The van der Waals surface area contributed by atoms with Crippen LogP contribution in [0.5, 0.6) is 5.75 Å². The normalized spacial score (nSPS) is 19.0. The molecule has 1 fully saturated rings. The van der Waals surface area contributed by atoms with Crippen LogP contribution in [0.3, 0.4) is 0 Å². The average Bonchev–Trinajstić information content (AvgIpc) is 2.75. The van der Waals surface area contributed by atoms with Gasteiger partial charge >= 0.3 is 5.97 Å². The molecule has 0 saturated carbocycles. The topological polar surface area (TPSA) is 68.5 Å². The third kappa shape index (κ3) is 5.41. The van der Waals surface area contributed by atoms with Crippen LogP contribution in [0.15, 0.2) is 48.5 Å². The number of esters is 1. The number of rotatable bonds is 7. The Balaban J connectivity index is 1.52. The molecule has 0 amide bonds. The fraction of sp³-hybridized carbons (Fsp3) is 0.391. The summed E-state index contributed by atoms with van der Waals surface area (Å²) in [5.74, 6) is 0.420. The van der Waals surface area contributed by atoms with Crippen molar-refractivity contribution in [3.63, 3.8) is 0 Å². The number of carbonyl (C=O) groups excluding carboxylic acids is 1. The molecule has 0 bridgehead atoms. The fourth-order valence-electron chi connectivity index (χ4n) is 3.13. The van der Waals surface area contributed by atoms with E-state index in [-0.39, 0.29) is 6.29 Å². The van der Waals surface area contributed by atoms with Gasteiger partial charge in [-0.3, -0.25) is 0 Å². The van der Waals surface area contributed by atoms with Crippen LogP contribution in [0.4, 0.5) is 0 Å². The summed E-state index contributed by atoms with van der Waals surface area (Å²) >= 11 is 0. The molecule has 0 unspecified atom stereocenters. The Kier molecular flexibility index (Phi) is 7.18. The molecule has 5 heteroatoms. The van der Waals surface area contributed by atoms with Crippen molar-refractivity contribution in [3.8, 4) is 11.8 Å². The second kappa shape index (κ2) is 10.0. The maximum atomic E-state index is 12.3. The molecular formula is C23H25NO4. The van der Waals surface area contributed by atoms with Crippen LogP contribution < -0.4 is 4.74 Å². The molecule has 0 spiro atoms. The van der Waals surface area contributed by atoms with Crippen LogP contribution in [-0.2, 0) is 9.47 Å². The number of unbranched alkanes of at least 4 members (excludes halogenated alkanes) is 2. The van der Waals surface area contributed by atoms with Gasteiger partial charge in [-0.25, -0.2) is 4.79 Å². The number of ether oxygens (including phenoxy) is 3. The van der Waals surface area contributed by atoms with Gasteiger partial charge < -0.3 is 14.2 Å². The lowest BCUT2D eigenvalue weighted by Crippen LogP contribution is -2.27. The lowest BCUT2D eigenvalue weighted by Gasteiger charge is -2.29. The van der Waals surface area contributed by atoms with E-state index < -0.39 is 5.97 Å². The van der Waals surface area contributed by atoms with Crippen LogP contribution in [-0.4, -0.2) is 19.2 Å². The molecule has 0 atom stereocenters. The third-order valence-corrected chi connectivity index (χ3v) is 4.80. The van der Waals surface area contributed by atoms with Gasteiger partial charge in [0.2, 0.25) is 0 Å². The van der Waals surface area contributed by atoms with E-state index in [9.17, 15) is 4.79 Å². The molecule has 1 aliphatic rings. The summed E-state index contributed by atoms with van der Waals surface area (Å²) in [6, 6.07) is 15.5. The molecule has 0 N–H and O–H groups in total. The average molecular weight is 379 g/mol. The first-order valence-electron chi connectivity index (χ1n) is 9.75. The van der Waals surface area contributed by atoms with E-state index in [1.165, 1.54) is 19.3 Å². The van der Waals surface area contributed by atoms with Crippen LogP contribution in [0.1, 0.15) is 60.4 Å². The lowest BCUT2D eigenvalue weighted by atomic mass is 10.0. The van der Waals surface area contributed by atoms with Gasteiger partial charge in [0.1, 0.15) is 5.75 Å². The second-order valence-electron chi connectivity index (χ2n) is 7.01. The molecular weight excluding hydrogens is 354 g/mol. The van der Waals surface area contributed by atoms with Crippen molar-refractivity contribution in [2.24, 2.45) is 5.92 Å². The van der Waals surface area contributed by atoms with Gasteiger partial charge in [-0.05, 0) is 42.8 Å². The van der Waals surface area contributed by atoms with Crippen molar-refractivity contribution < 1.29 is 19.0 Å². The summed E-state index contributed by atoms with van der Waals surface area (Å²) in [6.45, 7) is 3.61. The monoisotopic (exact) mass is 379 g/mol. The zero-order valence-corrected chi connectivity index (χ0v) is 16.1. The van der Waals surface area contributed by atoms with Gasteiger partial charge in [0.25, 0.3) is 0 Å². The van der Waals surface area contributed by atoms with Crippen molar-refractivity contribution in [2.75, 3.05) is 13.2 Å². The highest BCUT2D eigenvalue weighted by Crippen LogP contribution is 2.27. The number of hydrogen-bond acceptors (Lipinski definition) is 5. The smallest absolute Gasteiger partial charge is 0.343 e. The Morgan fingerprint density at radius 2 is 1.75 bits per heavy atom. The van der Waals surface area contributed by atoms with Gasteiger partial charge in [0.05, 0.1) is 30.4 Å². The summed E-state index contributed by atoms with van der Waals surface area (Å²) in [5, 5.41) is 8.81. The molecule has 1 heterocycles. The molecule has 1 aliphatic heterocycles. The minimum absolute atomic E-state index is 0.383. The summed E-state index contributed by atoms with van der Waals surface area (Å²) in [5.41, 5.74) is 1.85. The first-order chi connectivity index (χ1) is 13.7. The first kappa shape index (κ1) is 20.1. The van der Waals surface area contributed by atoms with Gasteiger partial charge in [0.15, 0.2) is 6.29 Å². The SMILES string of the molecule is CCCCCC1COC(c2ccc(C(=O)Oc3ccc(C#N)cc3)cc2)OC1. The van der Waals surface area contributed by atoms with Crippen LogP contribution in [0.2, 0.25) is 0 Å². The number of hydrogen-bond donors (Lipinski definition) is 0. The van der Waals surface area contributed by atoms with E-state index in [0.717, 1.165) is 12.0 Å². The standard InChI is InChI=1S/C23H25NO4/c1-2-3-4-5-18-15-26-23(27-16-18)20-10-8-19(9-11-20)22(25)28-21-12-6-17(14-24)7-13-21/h6-13,18,23H,2-5,15-16H2,1H3. The lowest BCUT2D eigenvalue weighted by molar-refractivity contribution is -0.206. The molecule has 1 saturated heterocycles. The summed E-state index contributed by atoms with van der Waals surface area (Å²) < 4.78 is 17.1. The van der Waals surface area contributed by atoms with E-state index in [2.05, 4.69) is 6.92 Å².